The third-order valence-corrected chi connectivity index (χ3v) is 6.71. The Morgan fingerprint density at radius 2 is 1.96 bits per heavy atom. The second-order valence-corrected chi connectivity index (χ2v) is 8.56. The van der Waals surface area contributed by atoms with Gasteiger partial charge in [0.15, 0.2) is 0 Å². The highest BCUT2D eigenvalue weighted by atomic mass is 19.4. The lowest BCUT2D eigenvalue weighted by Crippen LogP contribution is -2.75. The number of nitrogens with one attached hydrogen (secondary N) is 1. The van der Waals surface area contributed by atoms with Crippen molar-refractivity contribution in [1.29, 1.82) is 0 Å². The van der Waals surface area contributed by atoms with Crippen LogP contribution >= 0.6 is 0 Å². The van der Waals surface area contributed by atoms with Crippen LogP contribution in [0.3, 0.4) is 0 Å². The van der Waals surface area contributed by atoms with Gasteiger partial charge in [0.05, 0.1) is 17.3 Å². The Labute approximate surface area is 160 Å². The second-order valence-electron chi connectivity index (χ2n) is 8.56. The van der Waals surface area contributed by atoms with Crippen molar-refractivity contribution in [3.05, 3.63) is 17.8 Å². The summed E-state index contributed by atoms with van der Waals surface area (Å²) >= 11 is 0. The smallest absolute Gasteiger partial charge is 0.383 e. The molecule has 1 saturated heterocycles. The average molecular weight is 396 g/mol. The summed E-state index contributed by atoms with van der Waals surface area (Å²) in [6.45, 7) is 2.14. The number of hydrogen-bond acceptors (Lipinski definition) is 4. The Morgan fingerprint density at radius 3 is 2.57 bits per heavy atom. The molecule has 1 aromatic rings. The lowest BCUT2D eigenvalue weighted by Gasteiger charge is -2.74. The quantitative estimate of drug-likeness (QED) is 0.752. The first-order chi connectivity index (χ1) is 13.1. The SMILES string of the molecule is Cc1cc(NC(=O)C(=O)N2CCCCC2C23CC(C(F)(F)F)(C2)C3)cnc1N. The Hall–Kier alpha value is -2.32. The van der Waals surface area contributed by atoms with Crippen LogP contribution in [0.15, 0.2) is 12.3 Å². The number of nitrogens with two attached hydrogens (primary N) is 1. The molecule has 1 aliphatic heterocycles. The highest BCUT2D eigenvalue weighted by Gasteiger charge is 2.80. The van der Waals surface area contributed by atoms with Crippen LogP contribution in [0.4, 0.5) is 24.7 Å². The minimum Gasteiger partial charge on any atom is -0.383 e. The molecule has 4 aliphatic rings. The maximum Gasteiger partial charge on any atom is 0.394 e. The number of pyridine rings is 1. The Kier molecular flexibility index (Phi) is 4.13. The molecule has 4 fully saturated rings. The van der Waals surface area contributed by atoms with E-state index in [-0.39, 0.29) is 25.3 Å². The predicted octanol–water partition coefficient (Wildman–Crippen LogP) is 3.02. The fourth-order valence-corrected chi connectivity index (χ4v) is 5.30. The van der Waals surface area contributed by atoms with Gasteiger partial charge >= 0.3 is 18.0 Å². The molecule has 2 amide bonds. The van der Waals surface area contributed by atoms with E-state index in [4.69, 9.17) is 5.73 Å². The zero-order chi connectivity index (χ0) is 20.3. The summed E-state index contributed by atoms with van der Waals surface area (Å²) in [5.74, 6) is -1.15. The molecule has 1 atom stereocenters. The topological polar surface area (TPSA) is 88.3 Å². The highest BCUT2D eigenvalue weighted by molar-refractivity contribution is 6.39. The van der Waals surface area contributed by atoms with E-state index < -0.39 is 28.8 Å². The molecule has 9 heteroatoms. The number of piperidine rings is 1. The van der Waals surface area contributed by atoms with E-state index in [1.807, 2.05) is 0 Å². The molecule has 3 N–H and O–H groups in total. The minimum atomic E-state index is -4.18. The van der Waals surface area contributed by atoms with Crippen LogP contribution in [0.25, 0.3) is 0 Å². The number of amides is 2. The molecule has 1 unspecified atom stereocenters. The molecular weight excluding hydrogens is 373 g/mol. The predicted molar refractivity (Wildman–Crippen MR) is 96.1 cm³/mol. The number of likely N-dealkylation sites (tertiary alicyclic amines) is 1. The van der Waals surface area contributed by atoms with Crippen molar-refractivity contribution in [3.8, 4) is 0 Å². The van der Waals surface area contributed by atoms with Crippen LogP contribution < -0.4 is 11.1 Å². The lowest BCUT2D eigenvalue weighted by atomic mass is 9.32. The number of anilines is 2. The lowest BCUT2D eigenvalue weighted by molar-refractivity contribution is -0.375. The van der Waals surface area contributed by atoms with Crippen LogP contribution in [-0.2, 0) is 9.59 Å². The van der Waals surface area contributed by atoms with Crippen LogP contribution in [-0.4, -0.2) is 40.5 Å². The number of alkyl halides is 3. The average Bonchev–Trinajstić information content (AvgIpc) is 2.54. The van der Waals surface area contributed by atoms with Gasteiger partial charge in [-0.2, -0.15) is 13.2 Å². The molecule has 2 heterocycles. The van der Waals surface area contributed by atoms with E-state index in [0.29, 0.717) is 30.0 Å². The summed E-state index contributed by atoms with van der Waals surface area (Å²) in [7, 11) is 0. The third kappa shape index (κ3) is 2.74. The number of aromatic nitrogens is 1. The largest absolute Gasteiger partial charge is 0.394 e. The van der Waals surface area contributed by atoms with E-state index in [1.54, 1.807) is 13.0 Å². The van der Waals surface area contributed by atoms with E-state index in [0.717, 1.165) is 12.8 Å². The van der Waals surface area contributed by atoms with Gasteiger partial charge in [0, 0.05) is 12.6 Å². The molecule has 0 aromatic carbocycles. The van der Waals surface area contributed by atoms with Crippen molar-refractivity contribution in [2.24, 2.45) is 10.8 Å². The van der Waals surface area contributed by atoms with Crippen molar-refractivity contribution in [1.82, 2.24) is 9.88 Å². The number of carbonyl (C=O) groups is 2. The monoisotopic (exact) mass is 396 g/mol. The summed E-state index contributed by atoms with van der Waals surface area (Å²) < 4.78 is 39.6. The summed E-state index contributed by atoms with van der Waals surface area (Å²) in [5, 5.41) is 2.53. The van der Waals surface area contributed by atoms with E-state index >= 15 is 0 Å². The maximum absolute atomic E-state index is 13.2. The van der Waals surface area contributed by atoms with E-state index in [1.165, 1.54) is 11.1 Å². The van der Waals surface area contributed by atoms with Crippen LogP contribution in [0.5, 0.6) is 0 Å². The molecule has 1 aromatic heterocycles. The molecule has 2 bridgehead atoms. The van der Waals surface area contributed by atoms with Gasteiger partial charge in [-0.25, -0.2) is 4.98 Å². The molecule has 28 heavy (non-hydrogen) atoms. The molecule has 0 spiro atoms. The molecular formula is C19H23F3N4O2. The Balaban J connectivity index is 1.45. The van der Waals surface area contributed by atoms with Crippen molar-refractivity contribution < 1.29 is 22.8 Å². The molecule has 0 radical (unpaired) electrons. The van der Waals surface area contributed by atoms with E-state index in [2.05, 4.69) is 10.3 Å². The van der Waals surface area contributed by atoms with Gasteiger partial charge in [-0.05, 0) is 62.5 Å². The van der Waals surface area contributed by atoms with Gasteiger partial charge in [0.2, 0.25) is 0 Å². The fraction of sp³-hybridized carbons (Fsp3) is 0.632. The number of rotatable bonds is 2. The fourth-order valence-electron chi connectivity index (χ4n) is 5.30. The van der Waals surface area contributed by atoms with Crippen molar-refractivity contribution in [3.63, 3.8) is 0 Å². The summed E-state index contributed by atoms with van der Waals surface area (Å²) in [6.07, 6.45) is -0.348. The number of carbonyl (C=O) groups excluding carboxylic acids is 2. The van der Waals surface area contributed by atoms with Gasteiger partial charge in [0.1, 0.15) is 5.82 Å². The zero-order valence-corrected chi connectivity index (χ0v) is 15.6. The van der Waals surface area contributed by atoms with Crippen LogP contribution in [0.1, 0.15) is 44.1 Å². The van der Waals surface area contributed by atoms with Crippen LogP contribution in [0.2, 0.25) is 0 Å². The molecule has 152 valence electrons. The van der Waals surface area contributed by atoms with Crippen molar-refractivity contribution in [2.45, 2.75) is 57.7 Å². The number of aryl methyl sites for hydroxylation is 1. The number of halogens is 3. The van der Waals surface area contributed by atoms with Crippen molar-refractivity contribution in [2.75, 3.05) is 17.6 Å². The number of nitrogen functional groups attached to an aromatic ring is 1. The number of hydrogen-bond donors (Lipinski definition) is 2. The first-order valence-electron chi connectivity index (χ1n) is 9.48. The van der Waals surface area contributed by atoms with Crippen molar-refractivity contribution >= 4 is 23.3 Å². The standard InChI is InChI=1S/C19H23F3N4O2/c1-11-6-12(7-24-14(11)23)25-15(27)16(28)26-5-3-2-4-13(26)17-8-18(9-17,10-17)19(20,21)22/h6-7,13H,2-5,8-10H2,1H3,(H2,23,24)(H,25,27). The first kappa shape index (κ1) is 19.0. The summed E-state index contributed by atoms with van der Waals surface area (Å²) in [6, 6.07) is 1.32. The molecule has 3 saturated carbocycles. The Bertz CT molecular complexity index is 819. The van der Waals surface area contributed by atoms with Gasteiger partial charge < -0.3 is 16.0 Å². The minimum absolute atomic E-state index is 0.0701. The normalized spacial score (nSPS) is 31.6. The van der Waals surface area contributed by atoms with E-state index in [9.17, 15) is 22.8 Å². The summed E-state index contributed by atoms with van der Waals surface area (Å²) in [5.41, 5.74) is 4.64. The van der Waals surface area contributed by atoms with Gasteiger partial charge in [-0.3, -0.25) is 9.59 Å². The van der Waals surface area contributed by atoms with Gasteiger partial charge in [-0.1, -0.05) is 0 Å². The summed E-state index contributed by atoms with van der Waals surface area (Å²) in [4.78, 5) is 30.7. The third-order valence-electron chi connectivity index (χ3n) is 6.71. The first-order valence-corrected chi connectivity index (χ1v) is 9.48. The highest BCUT2D eigenvalue weighted by Crippen LogP contribution is 2.80. The maximum atomic E-state index is 13.2. The van der Waals surface area contributed by atoms with Gasteiger partial charge in [-0.15, -0.1) is 0 Å². The Morgan fingerprint density at radius 1 is 1.29 bits per heavy atom. The van der Waals surface area contributed by atoms with Gasteiger partial charge in [0.25, 0.3) is 0 Å². The number of nitrogens with zero attached hydrogens (tertiary/aromatic N) is 2. The molecule has 5 rings (SSSR count). The molecule has 6 nitrogen and oxygen atoms in total. The van der Waals surface area contributed by atoms with Crippen LogP contribution in [0, 0.1) is 17.8 Å². The second kappa shape index (κ2) is 6.09. The zero-order valence-electron chi connectivity index (χ0n) is 15.6. The molecule has 3 aliphatic carbocycles.